The predicted molar refractivity (Wildman–Crippen MR) is 107 cm³/mol. The van der Waals surface area contributed by atoms with Crippen molar-refractivity contribution >= 4 is 46.3 Å². The average Bonchev–Trinajstić information content (AvgIpc) is 2.96. The predicted octanol–water partition coefficient (Wildman–Crippen LogP) is 3.28. The Morgan fingerprint density at radius 1 is 1.24 bits per heavy atom. The Bertz CT molecular complexity index is 1040. The van der Waals surface area contributed by atoms with Crippen molar-refractivity contribution in [3.05, 3.63) is 69.1 Å². The van der Waals surface area contributed by atoms with Crippen LogP contribution in [0.3, 0.4) is 0 Å². The summed E-state index contributed by atoms with van der Waals surface area (Å²) in [5, 5.41) is 12.9. The third kappa shape index (κ3) is 4.61. The number of hydrogen-bond donors (Lipinski definition) is 1. The molecule has 0 atom stereocenters. The quantitative estimate of drug-likeness (QED) is 0.438. The number of nitro groups is 1. The Balaban J connectivity index is 1.73. The molecular formula is C19H15N3O6S. The first-order valence-corrected chi connectivity index (χ1v) is 9.13. The molecule has 1 saturated heterocycles. The average molecular weight is 413 g/mol. The summed E-state index contributed by atoms with van der Waals surface area (Å²) in [5.74, 6) is -0.754. The van der Waals surface area contributed by atoms with Crippen LogP contribution in [0.1, 0.15) is 5.56 Å². The smallest absolute Gasteiger partial charge is 0.294 e. The van der Waals surface area contributed by atoms with Gasteiger partial charge in [-0.25, -0.2) is 0 Å². The third-order valence-corrected chi connectivity index (χ3v) is 4.84. The zero-order valence-electron chi connectivity index (χ0n) is 15.2. The van der Waals surface area contributed by atoms with Gasteiger partial charge in [0, 0.05) is 12.1 Å². The summed E-state index contributed by atoms with van der Waals surface area (Å²) in [5.41, 5.74) is 0.691. The van der Waals surface area contributed by atoms with Crippen LogP contribution in [-0.4, -0.2) is 40.5 Å². The van der Waals surface area contributed by atoms with E-state index in [4.69, 9.17) is 4.74 Å². The minimum absolute atomic E-state index is 0.0839. The molecule has 0 radical (unpaired) electrons. The monoisotopic (exact) mass is 413 g/mol. The van der Waals surface area contributed by atoms with Crippen molar-refractivity contribution in [3.8, 4) is 5.75 Å². The van der Waals surface area contributed by atoms with Gasteiger partial charge in [0.1, 0.15) is 12.3 Å². The molecule has 2 aromatic carbocycles. The van der Waals surface area contributed by atoms with Crippen LogP contribution in [0.15, 0.2) is 53.4 Å². The lowest BCUT2D eigenvalue weighted by Crippen LogP contribution is -2.36. The fraction of sp³-hybridized carbons (Fsp3) is 0.105. The first-order chi connectivity index (χ1) is 13.9. The van der Waals surface area contributed by atoms with Crippen LogP contribution in [-0.2, 0) is 9.59 Å². The summed E-state index contributed by atoms with van der Waals surface area (Å²) < 4.78 is 5.14. The molecule has 0 aromatic heterocycles. The number of imide groups is 1. The van der Waals surface area contributed by atoms with Gasteiger partial charge in [0.25, 0.3) is 16.8 Å². The maximum atomic E-state index is 12.5. The number of thioether (sulfide) groups is 1. The van der Waals surface area contributed by atoms with E-state index in [-0.39, 0.29) is 10.6 Å². The number of methoxy groups -OCH3 is 1. The number of rotatable bonds is 6. The van der Waals surface area contributed by atoms with Crippen LogP contribution in [0.2, 0.25) is 0 Å². The summed E-state index contributed by atoms with van der Waals surface area (Å²) >= 11 is 0.671. The molecule has 0 bridgehead atoms. The molecule has 148 valence electrons. The largest absolute Gasteiger partial charge is 0.495 e. The molecule has 10 heteroatoms. The van der Waals surface area contributed by atoms with Gasteiger partial charge in [-0.3, -0.25) is 29.4 Å². The molecule has 3 amide bonds. The molecule has 3 rings (SSSR count). The Hall–Kier alpha value is -3.66. The van der Waals surface area contributed by atoms with Gasteiger partial charge >= 0.3 is 0 Å². The molecule has 9 nitrogen and oxygen atoms in total. The highest BCUT2D eigenvalue weighted by Gasteiger charge is 2.36. The van der Waals surface area contributed by atoms with Crippen molar-refractivity contribution in [2.45, 2.75) is 0 Å². The van der Waals surface area contributed by atoms with Crippen molar-refractivity contribution < 1.29 is 24.0 Å². The lowest BCUT2D eigenvalue weighted by Gasteiger charge is -2.14. The minimum Gasteiger partial charge on any atom is -0.495 e. The molecule has 0 aliphatic carbocycles. The number of carbonyl (C=O) groups is 3. The van der Waals surface area contributed by atoms with Crippen LogP contribution in [0.5, 0.6) is 5.75 Å². The molecule has 0 spiro atoms. The molecular weight excluding hydrogens is 398 g/mol. The van der Waals surface area contributed by atoms with Crippen LogP contribution in [0.4, 0.5) is 16.2 Å². The second kappa shape index (κ2) is 8.57. The van der Waals surface area contributed by atoms with E-state index in [0.717, 1.165) is 4.90 Å². The second-order valence-corrected chi connectivity index (χ2v) is 6.86. The van der Waals surface area contributed by atoms with E-state index in [2.05, 4.69) is 5.32 Å². The SMILES string of the molecule is COc1ccccc1NC(=O)CN1C(=O)S/C(=C\c2cccc([N+](=O)[O-])c2)C1=O. The number of para-hydroxylation sites is 2. The fourth-order valence-corrected chi connectivity index (χ4v) is 3.44. The summed E-state index contributed by atoms with van der Waals surface area (Å²) in [4.78, 5) is 48.2. The molecule has 0 unspecified atom stereocenters. The zero-order valence-corrected chi connectivity index (χ0v) is 16.0. The van der Waals surface area contributed by atoms with Crippen molar-refractivity contribution in [2.75, 3.05) is 19.0 Å². The first-order valence-electron chi connectivity index (χ1n) is 8.31. The van der Waals surface area contributed by atoms with Gasteiger partial charge < -0.3 is 10.1 Å². The topological polar surface area (TPSA) is 119 Å². The van der Waals surface area contributed by atoms with Crippen molar-refractivity contribution in [2.24, 2.45) is 0 Å². The molecule has 2 aromatic rings. The number of nitrogens with zero attached hydrogens (tertiary/aromatic N) is 2. The number of amides is 3. The Kier molecular flexibility index (Phi) is 5.93. The van der Waals surface area contributed by atoms with E-state index in [1.807, 2.05) is 0 Å². The number of nitrogens with one attached hydrogen (secondary N) is 1. The zero-order chi connectivity index (χ0) is 21.0. The van der Waals surface area contributed by atoms with E-state index in [1.165, 1.54) is 31.4 Å². The van der Waals surface area contributed by atoms with E-state index in [1.54, 1.807) is 30.3 Å². The van der Waals surface area contributed by atoms with Crippen molar-refractivity contribution in [3.63, 3.8) is 0 Å². The lowest BCUT2D eigenvalue weighted by atomic mass is 10.2. The second-order valence-electron chi connectivity index (χ2n) is 5.87. The minimum atomic E-state index is -0.637. The molecule has 29 heavy (non-hydrogen) atoms. The number of nitro benzene ring substituents is 1. The van der Waals surface area contributed by atoms with Gasteiger partial charge in [0.2, 0.25) is 5.91 Å². The standard InChI is InChI=1S/C19H15N3O6S/c1-28-15-8-3-2-7-14(15)20-17(23)11-21-18(24)16(29-19(21)25)10-12-5-4-6-13(9-12)22(26)27/h2-10H,11H2,1H3,(H,20,23)/b16-10-. The number of non-ortho nitro benzene ring substituents is 1. The molecule has 1 fully saturated rings. The number of anilines is 1. The highest BCUT2D eigenvalue weighted by molar-refractivity contribution is 8.18. The Morgan fingerprint density at radius 3 is 2.72 bits per heavy atom. The fourth-order valence-electron chi connectivity index (χ4n) is 2.60. The van der Waals surface area contributed by atoms with E-state index < -0.39 is 28.5 Å². The van der Waals surface area contributed by atoms with Crippen molar-refractivity contribution in [1.29, 1.82) is 0 Å². The van der Waals surface area contributed by atoms with E-state index >= 15 is 0 Å². The normalized spacial score (nSPS) is 14.9. The number of ether oxygens (including phenoxy) is 1. The first kappa shape index (κ1) is 20.1. The van der Waals surface area contributed by atoms with Crippen LogP contribution in [0, 0.1) is 10.1 Å². The van der Waals surface area contributed by atoms with Gasteiger partial charge in [-0.05, 0) is 35.5 Å². The van der Waals surface area contributed by atoms with Crippen molar-refractivity contribution in [1.82, 2.24) is 4.90 Å². The highest BCUT2D eigenvalue weighted by Crippen LogP contribution is 2.32. The Morgan fingerprint density at radius 2 is 2.00 bits per heavy atom. The molecule has 1 N–H and O–H groups in total. The van der Waals surface area contributed by atoms with Gasteiger partial charge in [-0.2, -0.15) is 0 Å². The van der Waals surface area contributed by atoms with Gasteiger partial charge in [-0.1, -0.05) is 24.3 Å². The van der Waals surface area contributed by atoms with Gasteiger partial charge in [-0.15, -0.1) is 0 Å². The van der Waals surface area contributed by atoms with Crippen LogP contribution < -0.4 is 10.1 Å². The van der Waals surface area contributed by atoms with E-state index in [9.17, 15) is 24.5 Å². The molecule has 1 aliphatic rings. The number of benzene rings is 2. The number of hydrogen-bond acceptors (Lipinski definition) is 7. The molecule has 0 saturated carbocycles. The molecule has 1 aliphatic heterocycles. The van der Waals surface area contributed by atoms with E-state index in [0.29, 0.717) is 28.8 Å². The summed E-state index contributed by atoms with van der Waals surface area (Å²) in [6.45, 7) is -0.463. The summed E-state index contributed by atoms with van der Waals surface area (Å²) in [6, 6.07) is 12.4. The third-order valence-electron chi connectivity index (χ3n) is 3.94. The van der Waals surface area contributed by atoms with Gasteiger partial charge in [0.15, 0.2) is 0 Å². The number of carbonyl (C=O) groups excluding carboxylic acids is 3. The Labute approximate surface area is 169 Å². The maximum Gasteiger partial charge on any atom is 0.294 e. The van der Waals surface area contributed by atoms with Gasteiger partial charge in [0.05, 0.1) is 22.6 Å². The summed E-state index contributed by atoms with van der Waals surface area (Å²) in [6.07, 6.45) is 1.38. The lowest BCUT2D eigenvalue weighted by molar-refractivity contribution is -0.384. The highest BCUT2D eigenvalue weighted by atomic mass is 32.2. The van der Waals surface area contributed by atoms with Crippen LogP contribution >= 0.6 is 11.8 Å². The summed E-state index contributed by atoms with van der Waals surface area (Å²) in [7, 11) is 1.46. The molecule has 1 heterocycles. The maximum absolute atomic E-state index is 12.5. The van der Waals surface area contributed by atoms with Crippen LogP contribution in [0.25, 0.3) is 6.08 Å².